The second-order valence-electron chi connectivity index (χ2n) is 5.80. The lowest BCUT2D eigenvalue weighted by Gasteiger charge is -2.14. The second kappa shape index (κ2) is 8.37. The summed E-state index contributed by atoms with van der Waals surface area (Å²) in [5, 5.41) is 13.3. The average molecular weight is 457 g/mol. The highest BCUT2D eigenvalue weighted by atomic mass is 79.9. The number of ketones is 1. The van der Waals surface area contributed by atoms with E-state index < -0.39 is 10.2 Å². The summed E-state index contributed by atoms with van der Waals surface area (Å²) in [4.78, 5) is 35.2. The van der Waals surface area contributed by atoms with E-state index >= 15 is 0 Å². The summed E-state index contributed by atoms with van der Waals surface area (Å²) in [5.74, 6) is -0.359. The Labute approximate surface area is 174 Å². The van der Waals surface area contributed by atoms with E-state index in [4.69, 9.17) is 0 Å². The van der Waals surface area contributed by atoms with Gasteiger partial charge in [-0.05, 0) is 29.8 Å². The van der Waals surface area contributed by atoms with E-state index in [0.717, 1.165) is 4.47 Å². The van der Waals surface area contributed by atoms with Crippen LogP contribution in [0.5, 0.6) is 0 Å². The molecule has 0 aliphatic rings. The van der Waals surface area contributed by atoms with E-state index in [1.807, 2.05) is 0 Å². The summed E-state index contributed by atoms with van der Waals surface area (Å²) in [6, 6.07) is 17.7. The number of rotatable bonds is 5. The Balaban J connectivity index is 2.25. The molecule has 140 valence electrons. The first kappa shape index (κ1) is 19.8. The van der Waals surface area contributed by atoms with Crippen molar-refractivity contribution in [1.82, 2.24) is 0 Å². The van der Waals surface area contributed by atoms with E-state index in [1.165, 1.54) is 18.2 Å². The number of carbonyl (C=O) groups excluding carboxylic acids is 2. The molecule has 0 aromatic heterocycles. The normalized spacial score (nSPS) is 10.4. The number of nitrogens with one attached hydrogen (secondary N) is 1. The quantitative estimate of drug-likeness (QED) is 0.222. The van der Waals surface area contributed by atoms with Crippen molar-refractivity contribution in [3.8, 4) is 11.1 Å². The number of hydrogen-bond donors (Lipinski definition) is 2. The van der Waals surface area contributed by atoms with Gasteiger partial charge in [-0.15, -0.1) is 0 Å². The van der Waals surface area contributed by atoms with Crippen molar-refractivity contribution in [3.63, 3.8) is 0 Å². The molecule has 0 heterocycles. The fraction of sp³-hybridized carbons (Fsp3) is 0. The first-order chi connectivity index (χ1) is 13.4. The molecule has 28 heavy (non-hydrogen) atoms. The zero-order chi connectivity index (χ0) is 20.3. The topological polar surface area (TPSA) is 89.3 Å². The van der Waals surface area contributed by atoms with Crippen molar-refractivity contribution in [2.45, 2.75) is 0 Å². The summed E-state index contributed by atoms with van der Waals surface area (Å²) in [6.45, 7) is 0. The number of halogens is 1. The SMILES string of the molecule is O=C(S)Nc1ccc(Br)cc1-c1ccc([N+](=O)[O-])cc1C(=O)c1ccccc1. The molecule has 0 aliphatic heterocycles. The van der Waals surface area contributed by atoms with Gasteiger partial charge in [0.2, 0.25) is 0 Å². The number of nitro groups is 1. The van der Waals surface area contributed by atoms with Gasteiger partial charge in [-0.1, -0.05) is 58.9 Å². The number of benzene rings is 3. The van der Waals surface area contributed by atoms with E-state index in [1.54, 1.807) is 48.5 Å². The number of amides is 1. The van der Waals surface area contributed by atoms with E-state index in [0.29, 0.717) is 22.4 Å². The minimum absolute atomic E-state index is 0.160. The standard InChI is InChI=1S/C20H13BrN2O4S/c21-13-6-9-18(22-20(25)28)16(10-13)15-8-7-14(23(26)27)11-17(15)19(24)12-4-2-1-3-5-12/h1-11H,(H2,22,25,28). The Hall–Kier alpha value is -2.97. The predicted molar refractivity (Wildman–Crippen MR) is 114 cm³/mol. The smallest absolute Gasteiger partial charge is 0.280 e. The van der Waals surface area contributed by atoms with Crippen LogP contribution in [0.4, 0.5) is 16.2 Å². The molecule has 0 bridgehead atoms. The van der Waals surface area contributed by atoms with Crippen molar-refractivity contribution in [2.75, 3.05) is 5.32 Å². The Bertz CT molecular complexity index is 1090. The maximum atomic E-state index is 13.1. The van der Waals surface area contributed by atoms with Crippen molar-refractivity contribution < 1.29 is 14.5 Å². The van der Waals surface area contributed by atoms with Crippen LogP contribution < -0.4 is 5.32 Å². The number of non-ortho nitro benzene ring substituents is 1. The Kier molecular flexibility index (Phi) is 5.91. The van der Waals surface area contributed by atoms with Crippen LogP contribution in [-0.2, 0) is 0 Å². The summed E-state index contributed by atoms with van der Waals surface area (Å²) < 4.78 is 0.719. The Morgan fingerprint density at radius 3 is 2.32 bits per heavy atom. The molecular weight excluding hydrogens is 444 g/mol. The summed E-state index contributed by atoms with van der Waals surface area (Å²) >= 11 is 7.12. The molecule has 0 radical (unpaired) electrons. The van der Waals surface area contributed by atoms with Gasteiger partial charge in [-0.2, -0.15) is 0 Å². The molecule has 0 spiro atoms. The van der Waals surface area contributed by atoms with Crippen LogP contribution in [0, 0.1) is 10.1 Å². The second-order valence-corrected chi connectivity index (χ2v) is 7.12. The van der Waals surface area contributed by atoms with Gasteiger partial charge >= 0.3 is 0 Å². The molecule has 3 aromatic carbocycles. The van der Waals surface area contributed by atoms with Crippen LogP contribution in [-0.4, -0.2) is 15.9 Å². The zero-order valence-corrected chi connectivity index (χ0v) is 16.7. The van der Waals surface area contributed by atoms with E-state index in [2.05, 4.69) is 33.9 Å². The van der Waals surface area contributed by atoms with Gasteiger partial charge in [0, 0.05) is 39.0 Å². The lowest BCUT2D eigenvalue weighted by atomic mass is 9.92. The first-order valence-electron chi connectivity index (χ1n) is 8.05. The molecule has 3 aromatic rings. The fourth-order valence-corrected chi connectivity index (χ4v) is 3.26. The van der Waals surface area contributed by atoms with Gasteiger partial charge < -0.3 is 5.32 Å². The van der Waals surface area contributed by atoms with Crippen molar-refractivity contribution in [1.29, 1.82) is 0 Å². The molecule has 0 saturated heterocycles. The van der Waals surface area contributed by atoms with Crippen molar-refractivity contribution in [2.24, 2.45) is 0 Å². The van der Waals surface area contributed by atoms with Gasteiger partial charge in [0.1, 0.15) is 0 Å². The number of nitrogens with zero attached hydrogens (tertiary/aromatic N) is 1. The minimum Gasteiger partial charge on any atom is -0.317 e. The Morgan fingerprint density at radius 1 is 0.964 bits per heavy atom. The molecule has 1 N–H and O–H groups in total. The van der Waals surface area contributed by atoms with Crippen LogP contribution in [0.2, 0.25) is 0 Å². The maximum absolute atomic E-state index is 13.1. The molecule has 0 unspecified atom stereocenters. The third kappa shape index (κ3) is 4.29. The zero-order valence-electron chi connectivity index (χ0n) is 14.3. The summed E-state index contributed by atoms with van der Waals surface area (Å²) in [6.07, 6.45) is 0. The van der Waals surface area contributed by atoms with Crippen molar-refractivity contribution >= 4 is 51.0 Å². The van der Waals surface area contributed by atoms with Crippen LogP contribution in [0.15, 0.2) is 71.2 Å². The molecule has 0 atom stereocenters. The molecule has 3 rings (SSSR count). The van der Waals surface area contributed by atoms with E-state index in [-0.39, 0.29) is 17.0 Å². The molecule has 1 amide bonds. The lowest BCUT2D eigenvalue weighted by molar-refractivity contribution is -0.384. The highest BCUT2D eigenvalue weighted by Gasteiger charge is 2.21. The van der Waals surface area contributed by atoms with Gasteiger partial charge in [0.25, 0.3) is 10.9 Å². The first-order valence-corrected chi connectivity index (χ1v) is 9.29. The van der Waals surface area contributed by atoms with Gasteiger partial charge in [0.15, 0.2) is 5.78 Å². The van der Waals surface area contributed by atoms with Gasteiger partial charge in [0.05, 0.1) is 4.92 Å². The monoisotopic (exact) mass is 456 g/mol. The minimum atomic E-state index is -0.568. The van der Waals surface area contributed by atoms with Crippen LogP contribution in [0.3, 0.4) is 0 Å². The van der Waals surface area contributed by atoms with Crippen molar-refractivity contribution in [3.05, 3.63) is 92.4 Å². The third-order valence-electron chi connectivity index (χ3n) is 4.01. The van der Waals surface area contributed by atoms with Gasteiger partial charge in [-0.3, -0.25) is 19.7 Å². The molecular formula is C20H13BrN2O4S. The lowest BCUT2D eigenvalue weighted by Crippen LogP contribution is -2.07. The number of nitro benzene ring substituents is 1. The van der Waals surface area contributed by atoms with Gasteiger partial charge in [-0.25, -0.2) is 0 Å². The number of thiol groups is 1. The third-order valence-corrected chi connectivity index (χ3v) is 4.61. The number of hydrogen-bond acceptors (Lipinski definition) is 4. The molecule has 0 fully saturated rings. The highest BCUT2D eigenvalue weighted by molar-refractivity contribution is 9.10. The van der Waals surface area contributed by atoms with Crippen LogP contribution in [0.25, 0.3) is 11.1 Å². The van der Waals surface area contributed by atoms with Crippen LogP contribution in [0.1, 0.15) is 15.9 Å². The number of carbonyl (C=O) groups is 2. The molecule has 8 heteroatoms. The average Bonchev–Trinajstić information content (AvgIpc) is 2.68. The molecule has 0 aliphatic carbocycles. The van der Waals surface area contributed by atoms with Crippen LogP contribution >= 0.6 is 28.6 Å². The largest absolute Gasteiger partial charge is 0.317 e. The molecule has 6 nitrogen and oxygen atoms in total. The molecule has 0 saturated carbocycles. The fourth-order valence-electron chi connectivity index (χ4n) is 2.78. The summed E-state index contributed by atoms with van der Waals surface area (Å²) in [7, 11) is 0. The number of anilines is 1. The predicted octanol–water partition coefficient (Wildman–Crippen LogP) is 5.72. The maximum Gasteiger partial charge on any atom is 0.280 e. The Morgan fingerprint density at radius 2 is 1.68 bits per heavy atom. The summed E-state index contributed by atoms with van der Waals surface area (Å²) in [5.41, 5.74) is 1.79. The van der Waals surface area contributed by atoms with E-state index in [9.17, 15) is 19.7 Å². The highest BCUT2D eigenvalue weighted by Crippen LogP contribution is 2.36.